The Balaban J connectivity index is 2.23. The zero-order valence-corrected chi connectivity index (χ0v) is 13.3. The van der Waals surface area contributed by atoms with Gasteiger partial charge in [-0.1, -0.05) is 30.3 Å². The number of aliphatic carboxylic acids is 1. The maximum absolute atomic E-state index is 11.3. The summed E-state index contributed by atoms with van der Waals surface area (Å²) in [6, 6.07) is 10.9. The minimum atomic E-state index is -0.901. The van der Waals surface area contributed by atoms with Gasteiger partial charge < -0.3 is 10.4 Å². The van der Waals surface area contributed by atoms with Gasteiger partial charge in [-0.15, -0.1) is 0 Å². The van der Waals surface area contributed by atoms with Crippen molar-refractivity contribution in [2.45, 2.75) is 32.2 Å². The highest BCUT2D eigenvalue weighted by molar-refractivity contribution is 5.67. The predicted octanol–water partition coefficient (Wildman–Crippen LogP) is 3.19. The van der Waals surface area contributed by atoms with Crippen LogP contribution >= 0.6 is 0 Å². The van der Waals surface area contributed by atoms with Crippen molar-refractivity contribution in [1.29, 1.82) is 0 Å². The molecule has 1 atom stereocenters. The number of carboxylic acid groups (broad SMARTS) is 1. The van der Waals surface area contributed by atoms with Gasteiger partial charge >= 0.3 is 11.7 Å². The zero-order valence-electron chi connectivity index (χ0n) is 13.3. The van der Waals surface area contributed by atoms with Crippen LogP contribution in [0.2, 0.25) is 0 Å². The first-order valence-corrected chi connectivity index (χ1v) is 7.59. The zero-order chi connectivity index (χ0) is 17.5. The van der Waals surface area contributed by atoms with Crippen LogP contribution in [0.25, 0.3) is 0 Å². The molecule has 1 unspecified atom stereocenters. The van der Waals surface area contributed by atoms with E-state index in [4.69, 9.17) is 5.11 Å². The molecule has 0 radical (unpaired) electrons. The summed E-state index contributed by atoms with van der Waals surface area (Å²) in [5.74, 6) is -0.729. The highest BCUT2D eigenvalue weighted by Gasteiger charge is 2.21. The third-order valence-corrected chi connectivity index (χ3v) is 3.68. The van der Waals surface area contributed by atoms with Gasteiger partial charge in [-0.25, -0.2) is 4.98 Å². The Hall–Kier alpha value is -2.96. The highest BCUT2D eigenvalue weighted by atomic mass is 16.6. The number of aromatic nitrogens is 1. The Labute approximate surface area is 139 Å². The Bertz CT molecular complexity index is 719. The van der Waals surface area contributed by atoms with E-state index in [1.165, 1.54) is 6.20 Å². The van der Waals surface area contributed by atoms with E-state index in [9.17, 15) is 14.9 Å². The number of benzene rings is 1. The minimum absolute atomic E-state index is 0.0237. The molecule has 1 heterocycles. The Morgan fingerprint density at radius 2 is 2.04 bits per heavy atom. The number of nitrogens with one attached hydrogen (secondary N) is 1. The SMILES string of the molecule is Cc1ccnc(NC(CCC(=O)O)Cc2ccccc2)c1[N+](=O)[O-]. The number of carbonyl (C=O) groups is 1. The first-order valence-electron chi connectivity index (χ1n) is 7.59. The van der Waals surface area contributed by atoms with Crippen LogP contribution < -0.4 is 5.32 Å². The van der Waals surface area contributed by atoms with Gasteiger partial charge in [-0.05, 0) is 31.4 Å². The molecule has 0 amide bonds. The molecule has 7 heteroatoms. The molecular weight excluding hydrogens is 310 g/mol. The first-order chi connectivity index (χ1) is 11.5. The van der Waals surface area contributed by atoms with Gasteiger partial charge in [-0.3, -0.25) is 14.9 Å². The van der Waals surface area contributed by atoms with E-state index in [-0.39, 0.29) is 24.0 Å². The maximum atomic E-state index is 11.3. The average Bonchev–Trinajstić information content (AvgIpc) is 2.53. The number of nitrogens with zero attached hydrogens (tertiary/aromatic N) is 2. The summed E-state index contributed by atoms with van der Waals surface area (Å²) in [6.45, 7) is 1.65. The second kappa shape index (κ2) is 8.05. The normalized spacial score (nSPS) is 11.7. The second-order valence-corrected chi connectivity index (χ2v) is 5.55. The topological polar surface area (TPSA) is 105 Å². The molecule has 0 spiro atoms. The number of hydrogen-bond donors (Lipinski definition) is 2. The molecule has 0 aliphatic carbocycles. The van der Waals surface area contributed by atoms with Crippen LogP contribution in [0.15, 0.2) is 42.6 Å². The highest BCUT2D eigenvalue weighted by Crippen LogP contribution is 2.27. The van der Waals surface area contributed by atoms with Crippen LogP contribution in [0.3, 0.4) is 0 Å². The minimum Gasteiger partial charge on any atom is -0.481 e. The molecule has 1 aromatic carbocycles. The molecule has 2 aromatic rings. The fraction of sp³-hybridized carbons (Fsp3) is 0.294. The molecule has 126 valence electrons. The summed E-state index contributed by atoms with van der Waals surface area (Å²) < 4.78 is 0. The van der Waals surface area contributed by atoms with Crippen molar-refractivity contribution < 1.29 is 14.8 Å². The molecule has 24 heavy (non-hydrogen) atoms. The van der Waals surface area contributed by atoms with Gasteiger partial charge in [0.15, 0.2) is 0 Å². The van der Waals surface area contributed by atoms with Gasteiger partial charge in [0.05, 0.1) is 4.92 Å². The molecule has 1 aromatic heterocycles. The fourth-order valence-corrected chi connectivity index (χ4v) is 2.50. The number of aryl methyl sites for hydroxylation is 1. The predicted molar refractivity (Wildman–Crippen MR) is 90.1 cm³/mol. The van der Waals surface area contributed by atoms with Gasteiger partial charge in [0.2, 0.25) is 5.82 Å². The van der Waals surface area contributed by atoms with Crippen molar-refractivity contribution in [3.05, 3.63) is 63.8 Å². The standard InChI is InChI=1S/C17H19N3O4/c1-12-9-10-18-17(16(12)20(23)24)19-14(7-8-15(21)22)11-13-5-3-2-4-6-13/h2-6,9-10,14H,7-8,11H2,1H3,(H,18,19)(H,21,22). The average molecular weight is 329 g/mol. The lowest BCUT2D eigenvalue weighted by atomic mass is 10.0. The van der Waals surface area contributed by atoms with E-state index in [2.05, 4.69) is 10.3 Å². The van der Waals surface area contributed by atoms with Crippen LogP contribution in [-0.4, -0.2) is 27.0 Å². The fourth-order valence-electron chi connectivity index (χ4n) is 2.50. The summed E-state index contributed by atoms with van der Waals surface area (Å²) in [5, 5.41) is 23.3. The van der Waals surface area contributed by atoms with Gasteiger partial charge in [0.1, 0.15) is 0 Å². The summed E-state index contributed by atoms with van der Waals surface area (Å²) in [5.41, 5.74) is 1.45. The number of anilines is 1. The van der Waals surface area contributed by atoms with Crippen LogP contribution in [0.5, 0.6) is 0 Å². The van der Waals surface area contributed by atoms with Crippen molar-refractivity contribution >= 4 is 17.5 Å². The lowest BCUT2D eigenvalue weighted by Crippen LogP contribution is -2.24. The van der Waals surface area contributed by atoms with Crippen LogP contribution in [0.4, 0.5) is 11.5 Å². The Morgan fingerprint density at radius 3 is 2.67 bits per heavy atom. The van der Waals surface area contributed by atoms with Gasteiger partial charge in [-0.2, -0.15) is 0 Å². The second-order valence-electron chi connectivity index (χ2n) is 5.55. The molecule has 0 aliphatic rings. The quantitative estimate of drug-likeness (QED) is 0.569. The monoisotopic (exact) mass is 329 g/mol. The molecule has 0 saturated heterocycles. The molecule has 0 aliphatic heterocycles. The van der Waals surface area contributed by atoms with Crippen LogP contribution in [0, 0.1) is 17.0 Å². The molecule has 0 fully saturated rings. The smallest absolute Gasteiger partial charge is 0.314 e. The van der Waals surface area contributed by atoms with E-state index in [1.807, 2.05) is 30.3 Å². The molecule has 0 saturated carbocycles. The largest absolute Gasteiger partial charge is 0.481 e. The van der Waals surface area contributed by atoms with E-state index < -0.39 is 10.9 Å². The van der Waals surface area contributed by atoms with Gasteiger partial charge in [0, 0.05) is 24.2 Å². The summed E-state index contributed by atoms with van der Waals surface area (Å²) in [7, 11) is 0. The Kier molecular flexibility index (Phi) is 5.83. The summed E-state index contributed by atoms with van der Waals surface area (Å²) >= 11 is 0. The number of pyridine rings is 1. The third-order valence-electron chi connectivity index (χ3n) is 3.68. The first kappa shape index (κ1) is 17.4. The van der Waals surface area contributed by atoms with E-state index >= 15 is 0 Å². The van der Waals surface area contributed by atoms with Crippen molar-refractivity contribution in [1.82, 2.24) is 4.98 Å². The third kappa shape index (κ3) is 4.77. The van der Waals surface area contributed by atoms with E-state index in [0.717, 1.165) is 5.56 Å². The maximum Gasteiger partial charge on any atom is 0.314 e. The molecule has 2 rings (SSSR count). The van der Waals surface area contributed by atoms with Crippen molar-refractivity contribution in [3.8, 4) is 0 Å². The van der Waals surface area contributed by atoms with Crippen LogP contribution in [-0.2, 0) is 11.2 Å². The Morgan fingerprint density at radius 1 is 1.33 bits per heavy atom. The number of hydrogen-bond acceptors (Lipinski definition) is 5. The van der Waals surface area contributed by atoms with E-state index in [0.29, 0.717) is 18.4 Å². The van der Waals surface area contributed by atoms with Crippen molar-refractivity contribution in [3.63, 3.8) is 0 Å². The van der Waals surface area contributed by atoms with Crippen LogP contribution in [0.1, 0.15) is 24.0 Å². The molecular formula is C17H19N3O4. The molecule has 0 bridgehead atoms. The van der Waals surface area contributed by atoms with Gasteiger partial charge in [0.25, 0.3) is 0 Å². The van der Waals surface area contributed by atoms with Crippen molar-refractivity contribution in [2.24, 2.45) is 0 Å². The number of rotatable bonds is 8. The summed E-state index contributed by atoms with van der Waals surface area (Å²) in [6.07, 6.45) is 2.38. The molecule has 2 N–H and O–H groups in total. The lowest BCUT2D eigenvalue weighted by molar-refractivity contribution is -0.384. The summed E-state index contributed by atoms with van der Waals surface area (Å²) in [4.78, 5) is 25.8. The number of carboxylic acids is 1. The van der Waals surface area contributed by atoms with Crippen molar-refractivity contribution in [2.75, 3.05) is 5.32 Å². The van der Waals surface area contributed by atoms with E-state index in [1.54, 1.807) is 13.0 Å². The lowest BCUT2D eigenvalue weighted by Gasteiger charge is -2.19. The molecule has 7 nitrogen and oxygen atoms in total. The number of nitro groups is 1.